The van der Waals surface area contributed by atoms with E-state index in [2.05, 4.69) is 0 Å². The lowest BCUT2D eigenvalue weighted by molar-refractivity contribution is -0.306. The van der Waals surface area contributed by atoms with Crippen LogP contribution in [0.5, 0.6) is 0 Å². The van der Waals surface area contributed by atoms with Crippen molar-refractivity contribution in [3.05, 3.63) is 108 Å². The zero-order valence-electron chi connectivity index (χ0n) is 23.4. The maximum atomic E-state index is 12.2. The molecule has 9 nitrogen and oxygen atoms in total. The van der Waals surface area contributed by atoms with Crippen molar-refractivity contribution in [2.24, 2.45) is 0 Å². The van der Waals surface area contributed by atoms with Crippen molar-refractivity contribution < 1.29 is 42.8 Å². The molecule has 0 amide bonds. The minimum absolute atomic E-state index is 0.124. The Bertz CT molecular complexity index is 1200. The summed E-state index contributed by atoms with van der Waals surface area (Å²) in [5.74, 6) is -1.95. The fourth-order valence-electron chi connectivity index (χ4n) is 5.15. The standard InChI is InChI=1S/C32H34O9/c1-21(33)38-28-27(41-31(36-4)30(40-23(3)35)29(28)39-22(2)34)20-37-32(24-14-8-5-9-15-24,25-16-10-6-11-17-25)26-18-12-7-13-19-26/h5-19,27-31H,20H2,1-4H3/t27-,28+,29+,30-,31-/m1/s1. The van der Waals surface area contributed by atoms with Gasteiger partial charge in [0.05, 0.1) is 6.61 Å². The first-order valence-corrected chi connectivity index (χ1v) is 13.3. The summed E-state index contributed by atoms with van der Waals surface area (Å²) in [5, 5.41) is 0. The normalized spacial score (nSPS) is 22.4. The molecular weight excluding hydrogens is 528 g/mol. The molecule has 1 saturated heterocycles. The van der Waals surface area contributed by atoms with Crippen molar-refractivity contribution in [1.29, 1.82) is 0 Å². The van der Waals surface area contributed by atoms with E-state index in [4.69, 9.17) is 28.4 Å². The van der Waals surface area contributed by atoms with Crippen molar-refractivity contribution in [2.45, 2.75) is 57.1 Å². The second kappa shape index (κ2) is 13.5. The highest BCUT2D eigenvalue weighted by Gasteiger charge is 2.53. The van der Waals surface area contributed by atoms with Crippen LogP contribution in [0.3, 0.4) is 0 Å². The molecule has 0 saturated carbocycles. The highest BCUT2D eigenvalue weighted by molar-refractivity contribution is 5.68. The van der Waals surface area contributed by atoms with E-state index in [0.29, 0.717) is 0 Å². The van der Waals surface area contributed by atoms with Gasteiger partial charge in [0.25, 0.3) is 0 Å². The Labute approximate surface area is 239 Å². The lowest BCUT2D eigenvalue weighted by atomic mass is 9.80. The van der Waals surface area contributed by atoms with Gasteiger partial charge < -0.3 is 28.4 Å². The average Bonchev–Trinajstić information content (AvgIpc) is 2.97. The van der Waals surface area contributed by atoms with Gasteiger partial charge in [-0.25, -0.2) is 0 Å². The number of esters is 3. The number of hydrogen-bond acceptors (Lipinski definition) is 9. The molecule has 3 aromatic carbocycles. The van der Waals surface area contributed by atoms with Crippen LogP contribution in [0.2, 0.25) is 0 Å². The Balaban J connectivity index is 1.80. The summed E-state index contributed by atoms with van der Waals surface area (Å²) in [6.45, 7) is 3.53. The van der Waals surface area contributed by atoms with E-state index in [9.17, 15) is 14.4 Å². The summed E-state index contributed by atoms with van der Waals surface area (Å²) in [5.41, 5.74) is 1.47. The Morgan fingerprint density at radius 2 is 1.02 bits per heavy atom. The molecule has 216 valence electrons. The minimum atomic E-state index is -1.22. The number of methoxy groups -OCH3 is 1. The smallest absolute Gasteiger partial charge is 0.303 e. The molecule has 41 heavy (non-hydrogen) atoms. The molecule has 0 bridgehead atoms. The van der Waals surface area contributed by atoms with Gasteiger partial charge in [-0.1, -0.05) is 91.0 Å². The van der Waals surface area contributed by atoms with Crippen LogP contribution in [0.15, 0.2) is 91.0 Å². The Kier molecular flexibility index (Phi) is 9.88. The number of ether oxygens (including phenoxy) is 6. The molecule has 0 spiro atoms. The average molecular weight is 563 g/mol. The number of rotatable bonds is 10. The van der Waals surface area contributed by atoms with Gasteiger partial charge in [0.1, 0.15) is 11.7 Å². The number of benzene rings is 3. The predicted octanol–water partition coefficient (Wildman–Crippen LogP) is 4.16. The van der Waals surface area contributed by atoms with Crippen LogP contribution in [0, 0.1) is 0 Å². The molecule has 5 atom stereocenters. The zero-order valence-corrected chi connectivity index (χ0v) is 23.4. The van der Waals surface area contributed by atoms with Gasteiger partial charge in [0.2, 0.25) is 0 Å². The molecule has 0 unspecified atom stereocenters. The Hall–Kier alpha value is -4.05. The van der Waals surface area contributed by atoms with Gasteiger partial charge in [-0.05, 0) is 16.7 Å². The van der Waals surface area contributed by atoms with Gasteiger partial charge in [-0.3, -0.25) is 14.4 Å². The van der Waals surface area contributed by atoms with E-state index in [1.54, 1.807) is 0 Å². The van der Waals surface area contributed by atoms with Gasteiger partial charge in [-0.15, -0.1) is 0 Å². The second-order valence-corrected chi connectivity index (χ2v) is 9.59. The summed E-state index contributed by atoms with van der Waals surface area (Å²) in [7, 11) is 1.37. The van der Waals surface area contributed by atoms with Crippen molar-refractivity contribution in [3.8, 4) is 0 Å². The van der Waals surface area contributed by atoms with E-state index in [-0.39, 0.29) is 6.61 Å². The molecular formula is C32H34O9. The molecule has 1 aliphatic heterocycles. The first kappa shape index (κ1) is 29.9. The quantitative estimate of drug-likeness (QED) is 0.205. The van der Waals surface area contributed by atoms with Gasteiger partial charge in [0.15, 0.2) is 24.6 Å². The lowest BCUT2D eigenvalue weighted by Gasteiger charge is -2.45. The maximum Gasteiger partial charge on any atom is 0.303 e. The molecule has 0 aliphatic carbocycles. The van der Waals surface area contributed by atoms with E-state index in [1.807, 2.05) is 91.0 Å². The lowest BCUT2D eigenvalue weighted by Crippen LogP contribution is -2.63. The molecule has 3 aromatic rings. The minimum Gasteiger partial charge on any atom is -0.456 e. The van der Waals surface area contributed by atoms with Crippen molar-refractivity contribution in [1.82, 2.24) is 0 Å². The molecule has 1 fully saturated rings. The van der Waals surface area contributed by atoms with Crippen molar-refractivity contribution >= 4 is 17.9 Å². The molecule has 1 heterocycles. The molecule has 0 N–H and O–H groups in total. The first-order chi connectivity index (χ1) is 19.8. The van der Waals surface area contributed by atoms with Crippen molar-refractivity contribution in [2.75, 3.05) is 13.7 Å². The monoisotopic (exact) mass is 562 g/mol. The molecule has 9 heteroatoms. The summed E-state index contributed by atoms with van der Waals surface area (Å²) < 4.78 is 35.2. The molecule has 0 radical (unpaired) electrons. The summed E-state index contributed by atoms with van der Waals surface area (Å²) >= 11 is 0. The number of carbonyl (C=O) groups excluding carboxylic acids is 3. The van der Waals surface area contributed by atoms with Crippen LogP contribution in [-0.2, 0) is 48.4 Å². The van der Waals surface area contributed by atoms with Crippen LogP contribution in [0.4, 0.5) is 0 Å². The third kappa shape index (κ3) is 6.82. The summed E-state index contributed by atoms with van der Waals surface area (Å²) in [4.78, 5) is 36.3. The Morgan fingerprint density at radius 1 is 0.634 bits per heavy atom. The first-order valence-electron chi connectivity index (χ1n) is 13.3. The summed E-state index contributed by atoms with van der Waals surface area (Å²) in [6.07, 6.45) is -5.69. The molecule has 1 aliphatic rings. The van der Waals surface area contributed by atoms with Gasteiger partial charge >= 0.3 is 17.9 Å². The number of hydrogen-bond donors (Lipinski definition) is 0. The van der Waals surface area contributed by atoms with Gasteiger partial charge in [-0.2, -0.15) is 0 Å². The summed E-state index contributed by atoms with van der Waals surface area (Å²) in [6, 6.07) is 29.2. The Morgan fingerprint density at radius 3 is 1.41 bits per heavy atom. The molecule has 4 rings (SSSR count). The van der Waals surface area contributed by atoms with Crippen LogP contribution in [0.25, 0.3) is 0 Å². The van der Waals surface area contributed by atoms with E-state index in [1.165, 1.54) is 27.9 Å². The molecule has 0 aromatic heterocycles. The fraction of sp³-hybridized carbons (Fsp3) is 0.344. The van der Waals surface area contributed by atoms with Crippen LogP contribution < -0.4 is 0 Å². The zero-order chi connectivity index (χ0) is 29.4. The van der Waals surface area contributed by atoms with Crippen LogP contribution >= 0.6 is 0 Å². The SMILES string of the molecule is CO[C@@H]1O[C@H](COC(c2ccccc2)(c2ccccc2)c2ccccc2)[C@H](OC(C)=O)[C@H](OC(C)=O)[C@H]1OC(C)=O. The third-order valence-electron chi connectivity index (χ3n) is 6.73. The topological polar surface area (TPSA) is 107 Å². The van der Waals surface area contributed by atoms with Gasteiger partial charge in [0, 0.05) is 27.9 Å². The highest BCUT2D eigenvalue weighted by atomic mass is 16.7. The number of carbonyl (C=O) groups is 3. The van der Waals surface area contributed by atoms with Crippen LogP contribution in [-0.4, -0.2) is 62.3 Å². The van der Waals surface area contributed by atoms with E-state index in [0.717, 1.165) is 16.7 Å². The highest BCUT2D eigenvalue weighted by Crippen LogP contribution is 2.41. The second-order valence-electron chi connectivity index (χ2n) is 9.59. The van der Waals surface area contributed by atoms with E-state index < -0.39 is 54.2 Å². The maximum absolute atomic E-state index is 12.2. The van der Waals surface area contributed by atoms with Crippen molar-refractivity contribution in [3.63, 3.8) is 0 Å². The fourth-order valence-corrected chi connectivity index (χ4v) is 5.15. The predicted molar refractivity (Wildman–Crippen MR) is 147 cm³/mol. The van der Waals surface area contributed by atoms with E-state index >= 15 is 0 Å². The largest absolute Gasteiger partial charge is 0.456 e. The third-order valence-corrected chi connectivity index (χ3v) is 6.73. The van der Waals surface area contributed by atoms with Crippen LogP contribution in [0.1, 0.15) is 37.5 Å².